The lowest BCUT2D eigenvalue weighted by Crippen LogP contribution is -2.34. The zero-order chi connectivity index (χ0) is 13.9. The molecule has 0 amide bonds. The van der Waals surface area contributed by atoms with Crippen LogP contribution < -0.4 is 10.5 Å². The van der Waals surface area contributed by atoms with E-state index >= 15 is 0 Å². The lowest BCUT2D eigenvalue weighted by molar-refractivity contribution is 0.484. The molecule has 1 aliphatic carbocycles. The molecular weight excluding hydrogens is 262 g/mol. The molecule has 19 heavy (non-hydrogen) atoms. The van der Waals surface area contributed by atoms with Gasteiger partial charge >= 0.3 is 0 Å². The summed E-state index contributed by atoms with van der Waals surface area (Å²) in [5, 5.41) is 0. The van der Waals surface area contributed by atoms with Gasteiger partial charge in [-0.15, -0.1) is 0 Å². The van der Waals surface area contributed by atoms with Crippen LogP contribution >= 0.6 is 0 Å². The fourth-order valence-corrected chi connectivity index (χ4v) is 3.69. The van der Waals surface area contributed by atoms with Gasteiger partial charge in [-0.1, -0.05) is 19.8 Å². The van der Waals surface area contributed by atoms with Gasteiger partial charge in [0.1, 0.15) is 10.7 Å². The molecule has 106 valence electrons. The molecule has 1 aromatic heterocycles. The Labute approximate surface area is 114 Å². The van der Waals surface area contributed by atoms with Crippen molar-refractivity contribution >= 4 is 15.8 Å². The Hall–Kier alpha value is -1.14. The maximum Gasteiger partial charge on any atom is 0.242 e. The number of nitrogens with two attached hydrogens (primary N) is 1. The van der Waals surface area contributed by atoms with E-state index in [4.69, 9.17) is 5.73 Å². The molecule has 0 bridgehead atoms. The first-order valence-corrected chi connectivity index (χ1v) is 8.19. The van der Waals surface area contributed by atoms with E-state index in [9.17, 15) is 8.42 Å². The monoisotopic (exact) mass is 283 g/mol. The topological polar surface area (TPSA) is 85.1 Å². The van der Waals surface area contributed by atoms with Gasteiger partial charge in [-0.25, -0.2) is 18.1 Å². The fraction of sp³-hybridized carbons (Fsp3) is 0.615. The molecule has 0 saturated heterocycles. The SMILES string of the molecule is CC1CCCC(NS(=O)(=O)c2ccc(N)nc2)CC1. The van der Waals surface area contributed by atoms with Crippen LogP contribution in [0.1, 0.15) is 39.0 Å². The number of pyridine rings is 1. The summed E-state index contributed by atoms with van der Waals surface area (Å²) in [5.41, 5.74) is 5.46. The third-order valence-corrected chi connectivity index (χ3v) is 5.15. The Morgan fingerprint density at radius 1 is 1.26 bits per heavy atom. The highest BCUT2D eigenvalue weighted by molar-refractivity contribution is 7.89. The summed E-state index contributed by atoms with van der Waals surface area (Å²) in [6.45, 7) is 2.22. The van der Waals surface area contributed by atoms with Gasteiger partial charge in [0.25, 0.3) is 0 Å². The van der Waals surface area contributed by atoms with E-state index in [2.05, 4.69) is 16.6 Å². The molecule has 1 heterocycles. The Balaban J connectivity index is 2.06. The highest BCUT2D eigenvalue weighted by atomic mass is 32.2. The maximum atomic E-state index is 12.2. The zero-order valence-corrected chi connectivity index (χ0v) is 12.0. The quantitative estimate of drug-likeness (QED) is 0.830. The first kappa shape index (κ1) is 14.3. The van der Waals surface area contributed by atoms with Crippen LogP contribution in [0.4, 0.5) is 5.82 Å². The van der Waals surface area contributed by atoms with Crippen LogP contribution in [0.2, 0.25) is 0 Å². The number of aromatic nitrogens is 1. The molecule has 1 aromatic rings. The van der Waals surface area contributed by atoms with Crippen LogP contribution in [-0.2, 0) is 10.0 Å². The maximum absolute atomic E-state index is 12.2. The summed E-state index contributed by atoms with van der Waals surface area (Å²) >= 11 is 0. The molecule has 0 radical (unpaired) electrons. The van der Waals surface area contributed by atoms with Gasteiger partial charge in [0.15, 0.2) is 0 Å². The summed E-state index contributed by atoms with van der Waals surface area (Å²) in [7, 11) is -3.48. The molecule has 2 unspecified atom stereocenters. The predicted molar refractivity (Wildman–Crippen MR) is 75.0 cm³/mol. The first-order valence-electron chi connectivity index (χ1n) is 6.71. The predicted octanol–water partition coefficient (Wildman–Crippen LogP) is 1.91. The van der Waals surface area contributed by atoms with Crippen molar-refractivity contribution in [3.63, 3.8) is 0 Å². The van der Waals surface area contributed by atoms with Gasteiger partial charge in [0.2, 0.25) is 10.0 Å². The molecule has 2 atom stereocenters. The van der Waals surface area contributed by atoms with Crippen molar-refractivity contribution in [3.8, 4) is 0 Å². The number of hydrogen-bond donors (Lipinski definition) is 2. The number of hydrogen-bond acceptors (Lipinski definition) is 4. The molecule has 1 fully saturated rings. The molecule has 1 aliphatic rings. The standard InChI is InChI=1S/C13H21N3O2S/c1-10-3-2-4-11(6-5-10)16-19(17,18)12-7-8-13(14)15-9-12/h7-11,16H,2-6H2,1H3,(H2,14,15). The molecule has 0 spiro atoms. The number of sulfonamides is 1. The van der Waals surface area contributed by atoms with E-state index in [1.165, 1.54) is 24.8 Å². The molecule has 3 N–H and O–H groups in total. The van der Waals surface area contributed by atoms with Gasteiger partial charge in [-0.3, -0.25) is 0 Å². The minimum absolute atomic E-state index is 0.0347. The molecule has 6 heteroatoms. The average molecular weight is 283 g/mol. The second-order valence-electron chi connectivity index (χ2n) is 5.35. The summed E-state index contributed by atoms with van der Waals surface area (Å²) < 4.78 is 27.2. The summed E-state index contributed by atoms with van der Waals surface area (Å²) in [6, 6.07) is 3.03. The van der Waals surface area contributed by atoms with Crippen molar-refractivity contribution in [2.24, 2.45) is 5.92 Å². The van der Waals surface area contributed by atoms with Crippen molar-refractivity contribution in [2.75, 3.05) is 5.73 Å². The Morgan fingerprint density at radius 3 is 2.74 bits per heavy atom. The van der Waals surface area contributed by atoms with E-state index in [0.717, 1.165) is 25.7 Å². The van der Waals surface area contributed by atoms with Crippen LogP contribution in [-0.4, -0.2) is 19.4 Å². The average Bonchev–Trinajstić information content (AvgIpc) is 2.54. The van der Waals surface area contributed by atoms with Crippen LogP contribution in [0, 0.1) is 5.92 Å². The van der Waals surface area contributed by atoms with E-state index in [-0.39, 0.29) is 10.9 Å². The van der Waals surface area contributed by atoms with Gasteiger partial charge in [0, 0.05) is 12.2 Å². The number of nitrogens with one attached hydrogen (secondary N) is 1. The van der Waals surface area contributed by atoms with Crippen molar-refractivity contribution in [1.82, 2.24) is 9.71 Å². The highest BCUT2D eigenvalue weighted by Crippen LogP contribution is 2.23. The highest BCUT2D eigenvalue weighted by Gasteiger charge is 2.22. The van der Waals surface area contributed by atoms with Crippen LogP contribution in [0.15, 0.2) is 23.2 Å². The largest absolute Gasteiger partial charge is 0.384 e. The Morgan fingerprint density at radius 2 is 2.05 bits per heavy atom. The van der Waals surface area contributed by atoms with Gasteiger partial charge in [-0.05, 0) is 37.3 Å². The molecule has 0 aromatic carbocycles. The molecule has 2 rings (SSSR count). The number of anilines is 1. The van der Waals surface area contributed by atoms with Gasteiger partial charge in [0.05, 0.1) is 0 Å². The molecular formula is C13H21N3O2S. The minimum atomic E-state index is -3.48. The zero-order valence-electron chi connectivity index (χ0n) is 11.2. The van der Waals surface area contributed by atoms with E-state index < -0.39 is 10.0 Å². The summed E-state index contributed by atoms with van der Waals surface area (Å²) in [5.74, 6) is 1.01. The van der Waals surface area contributed by atoms with Crippen molar-refractivity contribution < 1.29 is 8.42 Å². The van der Waals surface area contributed by atoms with Crippen molar-refractivity contribution in [3.05, 3.63) is 18.3 Å². The molecule has 0 aliphatic heterocycles. The first-order chi connectivity index (χ1) is 8.97. The van der Waals surface area contributed by atoms with Crippen molar-refractivity contribution in [1.29, 1.82) is 0 Å². The molecule has 1 saturated carbocycles. The fourth-order valence-electron chi connectivity index (χ4n) is 2.44. The summed E-state index contributed by atoms with van der Waals surface area (Å²) in [4.78, 5) is 4.01. The van der Waals surface area contributed by atoms with Gasteiger partial charge < -0.3 is 5.73 Å². The number of nitrogens with zero attached hydrogens (tertiary/aromatic N) is 1. The van der Waals surface area contributed by atoms with Gasteiger partial charge in [-0.2, -0.15) is 0 Å². The van der Waals surface area contributed by atoms with Crippen LogP contribution in [0.3, 0.4) is 0 Å². The normalized spacial score (nSPS) is 24.9. The summed E-state index contributed by atoms with van der Waals surface area (Å²) in [6.07, 6.45) is 6.45. The number of rotatable bonds is 3. The van der Waals surface area contributed by atoms with Crippen molar-refractivity contribution in [2.45, 2.75) is 50.0 Å². The second kappa shape index (κ2) is 5.88. The molecule has 5 nitrogen and oxygen atoms in total. The number of nitrogen functional groups attached to an aromatic ring is 1. The van der Waals surface area contributed by atoms with E-state index in [1.807, 2.05) is 0 Å². The lowest BCUT2D eigenvalue weighted by Gasteiger charge is -2.16. The third kappa shape index (κ3) is 3.91. The Kier molecular flexibility index (Phi) is 4.42. The minimum Gasteiger partial charge on any atom is -0.384 e. The second-order valence-corrected chi connectivity index (χ2v) is 7.06. The lowest BCUT2D eigenvalue weighted by atomic mass is 10.0. The Bertz CT molecular complexity index is 513. The van der Waals surface area contributed by atoms with E-state index in [0.29, 0.717) is 11.7 Å². The smallest absolute Gasteiger partial charge is 0.242 e. The van der Waals surface area contributed by atoms with E-state index in [1.54, 1.807) is 0 Å². The third-order valence-electron chi connectivity index (χ3n) is 3.65. The van der Waals surface area contributed by atoms with Crippen LogP contribution in [0.25, 0.3) is 0 Å². The van der Waals surface area contributed by atoms with Crippen LogP contribution in [0.5, 0.6) is 0 Å².